The average molecular weight is 497 g/mol. The highest BCUT2D eigenvalue weighted by atomic mass is 16.5. The normalized spacial score (nSPS) is 10.8. The Bertz CT molecular complexity index is 912. The highest BCUT2D eigenvalue weighted by Gasteiger charge is 2.23. The molecule has 3 N–H and O–H groups in total. The lowest BCUT2D eigenvalue weighted by molar-refractivity contribution is 0.201. The van der Waals surface area contributed by atoms with E-state index in [-0.39, 0.29) is 25.2 Å². The van der Waals surface area contributed by atoms with Gasteiger partial charge in [0.25, 0.3) is 0 Å². The Morgan fingerprint density at radius 1 is 0.556 bits per heavy atom. The summed E-state index contributed by atoms with van der Waals surface area (Å²) in [6, 6.07) is 23.9. The highest BCUT2D eigenvalue weighted by molar-refractivity contribution is 5.41. The van der Waals surface area contributed by atoms with Crippen molar-refractivity contribution in [3.8, 4) is 17.2 Å². The Balaban J connectivity index is 0.000000297. The van der Waals surface area contributed by atoms with Crippen LogP contribution in [0.5, 0.6) is 17.2 Å². The number of aliphatic hydroxyl groups excluding tert-OH is 3. The lowest BCUT2D eigenvalue weighted by atomic mass is 9.78. The summed E-state index contributed by atoms with van der Waals surface area (Å²) in [4.78, 5) is 0. The molecule has 0 aliphatic carbocycles. The molecule has 0 aliphatic heterocycles. The van der Waals surface area contributed by atoms with Crippen molar-refractivity contribution < 1.29 is 29.5 Å². The number of aryl methyl sites for hydroxylation is 1. The fourth-order valence-electron chi connectivity index (χ4n) is 3.63. The predicted molar refractivity (Wildman–Crippen MR) is 143 cm³/mol. The van der Waals surface area contributed by atoms with Gasteiger partial charge in [0.2, 0.25) is 0 Å². The minimum atomic E-state index is -0.148. The Morgan fingerprint density at radius 2 is 0.889 bits per heavy atom. The van der Waals surface area contributed by atoms with Gasteiger partial charge in [-0.15, -0.1) is 0 Å². The van der Waals surface area contributed by atoms with Gasteiger partial charge >= 0.3 is 0 Å². The Hall–Kier alpha value is -3.06. The van der Waals surface area contributed by atoms with Crippen LogP contribution in [-0.4, -0.2) is 55.0 Å². The minimum absolute atomic E-state index is 0.0119. The maximum atomic E-state index is 8.79. The first-order chi connectivity index (χ1) is 17.4. The van der Waals surface area contributed by atoms with Crippen molar-refractivity contribution in [2.24, 2.45) is 0 Å². The molecule has 6 nitrogen and oxygen atoms in total. The van der Waals surface area contributed by atoms with Gasteiger partial charge in [-0.2, -0.15) is 0 Å². The summed E-state index contributed by atoms with van der Waals surface area (Å²) in [5.74, 6) is 2.34. The fraction of sp³-hybridized carbons (Fsp3) is 0.400. The van der Waals surface area contributed by atoms with Gasteiger partial charge in [0.05, 0.1) is 19.8 Å². The molecule has 3 aromatic carbocycles. The van der Waals surface area contributed by atoms with Crippen LogP contribution in [0.15, 0.2) is 72.8 Å². The van der Waals surface area contributed by atoms with Gasteiger partial charge in [-0.25, -0.2) is 0 Å². The third-order valence-electron chi connectivity index (χ3n) is 5.69. The van der Waals surface area contributed by atoms with E-state index >= 15 is 0 Å². The van der Waals surface area contributed by atoms with Crippen LogP contribution < -0.4 is 14.2 Å². The number of aliphatic hydroxyl groups is 3. The molecule has 0 unspecified atom stereocenters. The average Bonchev–Trinajstić information content (AvgIpc) is 2.91. The Labute approximate surface area is 215 Å². The van der Waals surface area contributed by atoms with E-state index in [1.807, 2.05) is 60.7 Å². The molecule has 6 heteroatoms. The summed E-state index contributed by atoms with van der Waals surface area (Å²) < 4.78 is 16.0. The van der Waals surface area contributed by atoms with E-state index in [4.69, 9.17) is 29.5 Å². The zero-order chi connectivity index (χ0) is 26.2. The van der Waals surface area contributed by atoms with Gasteiger partial charge in [-0.05, 0) is 59.5 Å². The van der Waals surface area contributed by atoms with E-state index in [1.54, 1.807) is 0 Å². The first kappa shape index (κ1) is 29.2. The summed E-state index contributed by atoms with van der Waals surface area (Å²) in [6.45, 7) is 7.56. The smallest absolute Gasteiger partial charge is 0.119 e. The van der Waals surface area contributed by atoms with Gasteiger partial charge in [-0.3, -0.25) is 0 Å². The lowest BCUT2D eigenvalue weighted by Gasteiger charge is -2.26. The summed E-state index contributed by atoms with van der Waals surface area (Å²) in [6.07, 6.45) is 2.27. The molecular weight excluding hydrogens is 456 g/mol. The van der Waals surface area contributed by atoms with Gasteiger partial charge < -0.3 is 29.5 Å². The minimum Gasteiger partial charge on any atom is -0.491 e. The number of hydrogen-bond donors (Lipinski definition) is 3. The van der Waals surface area contributed by atoms with Crippen molar-refractivity contribution in [2.75, 3.05) is 39.6 Å². The Kier molecular flexibility index (Phi) is 12.8. The maximum absolute atomic E-state index is 8.79. The molecule has 0 aliphatic rings. The van der Waals surface area contributed by atoms with E-state index in [2.05, 4.69) is 32.9 Å². The number of rotatable bonds is 13. The summed E-state index contributed by atoms with van der Waals surface area (Å²) in [5.41, 5.74) is 3.54. The predicted octanol–water partition coefficient (Wildman–Crippen LogP) is 4.76. The molecule has 0 bridgehead atoms. The van der Waals surface area contributed by atoms with Crippen LogP contribution in [0.2, 0.25) is 0 Å². The molecule has 0 aromatic heterocycles. The van der Waals surface area contributed by atoms with Crippen LogP contribution in [0, 0.1) is 0 Å². The van der Waals surface area contributed by atoms with Crippen LogP contribution in [0.25, 0.3) is 0 Å². The molecular formula is C30H40O6. The van der Waals surface area contributed by atoms with E-state index in [0.717, 1.165) is 30.1 Å². The van der Waals surface area contributed by atoms with Crippen molar-refractivity contribution in [3.05, 3.63) is 89.5 Å². The number of benzene rings is 3. The topological polar surface area (TPSA) is 88.4 Å². The zero-order valence-corrected chi connectivity index (χ0v) is 21.7. The lowest BCUT2D eigenvalue weighted by Crippen LogP contribution is -2.18. The zero-order valence-electron chi connectivity index (χ0n) is 21.7. The van der Waals surface area contributed by atoms with E-state index in [1.165, 1.54) is 16.7 Å². The summed E-state index contributed by atoms with van der Waals surface area (Å²) >= 11 is 0. The molecule has 36 heavy (non-hydrogen) atoms. The third-order valence-corrected chi connectivity index (χ3v) is 5.69. The summed E-state index contributed by atoms with van der Waals surface area (Å²) in [7, 11) is 0. The molecule has 0 radical (unpaired) electrons. The molecule has 0 atom stereocenters. The molecule has 3 aromatic rings. The molecule has 3 rings (SSSR count). The second-order valence-corrected chi connectivity index (χ2v) is 8.78. The van der Waals surface area contributed by atoms with Crippen molar-refractivity contribution in [1.82, 2.24) is 0 Å². The van der Waals surface area contributed by atoms with Gasteiger partial charge in [0.15, 0.2) is 0 Å². The van der Waals surface area contributed by atoms with Gasteiger partial charge in [0, 0.05) is 5.41 Å². The monoisotopic (exact) mass is 496 g/mol. The highest BCUT2D eigenvalue weighted by Crippen LogP contribution is 2.33. The first-order valence-corrected chi connectivity index (χ1v) is 12.5. The largest absolute Gasteiger partial charge is 0.491 e. The van der Waals surface area contributed by atoms with Crippen LogP contribution in [0.4, 0.5) is 0 Å². The van der Waals surface area contributed by atoms with Crippen LogP contribution >= 0.6 is 0 Å². The van der Waals surface area contributed by atoms with Crippen LogP contribution in [-0.2, 0) is 11.8 Å². The second-order valence-electron chi connectivity index (χ2n) is 8.78. The maximum Gasteiger partial charge on any atom is 0.119 e. The standard InChI is InChI=1S/C19H24O4.C11H16O2/c1-19(2,15-3-7-17(8-4-15)22-13-11-20)16-5-9-18(10-6-16)23-14-12-21;1-2-3-10-4-6-11(7-5-10)13-9-8-12/h3-10,20-21H,11-14H2,1-2H3;4-7,12H,2-3,8-9H2,1H3. The van der Waals surface area contributed by atoms with Crippen LogP contribution in [0.1, 0.15) is 43.9 Å². The van der Waals surface area contributed by atoms with Gasteiger partial charge in [-0.1, -0.05) is 63.6 Å². The molecule has 0 amide bonds. The molecule has 0 fully saturated rings. The fourth-order valence-corrected chi connectivity index (χ4v) is 3.63. The molecule has 0 heterocycles. The van der Waals surface area contributed by atoms with Crippen molar-refractivity contribution in [3.63, 3.8) is 0 Å². The third kappa shape index (κ3) is 9.53. The second kappa shape index (κ2) is 15.8. The van der Waals surface area contributed by atoms with E-state index in [9.17, 15) is 0 Å². The number of ether oxygens (including phenoxy) is 3. The molecule has 0 spiro atoms. The van der Waals surface area contributed by atoms with Crippen molar-refractivity contribution in [1.29, 1.82) is 0 Å². The first-order valence-electron chi connectivity index (χ1n) is 12.5. The SMILES string of the molecule is CC(C)(c1ccc(OCCO)cc1)c1ccc(OCCO)cc1.CCCc1ccc(OCCO)cc1. The number of hydrogen-bond acceptors (Lipinski definition) is 6. The Morgan fingerprint density at radius 3 is 1.19 bits per heavy atom. The van der Waals surface area contributed by atoms with Crippen molar-refractivity contribution in [2.45, 2.75) is 39.0 Å². The van der Waals surface area contributed by atoms with Crippen molar-refractivity contribution >= 4 is 0 Å². The van der Waals surface area contributed by atoms with Gasteiger partial charge in [0.1, 0.15) is 37.1 Å². The quantitative estimate of drug-likeness (QED) is 0.316. The molecule has 0 saturated carbocycles. The molecule has 0 saturated heterocycles. The van der Waals surface area contributed by atoms with Crippen LogP contribution in [0.3, 0.4) is 0 Å². The van der Waals surface area contributed by atoms with E-state index < -0.39 is 0 Å². The summed E-state index contributed by atoms with van der Waals surface area (Å²) in [5, 5.41) is 26.1. The molecule has 196 valence electrons. The van der Waals surface area contributed by atoms with E-state index in [0.29, 0.717) is 19.8 Å².